The summed E-state index contributed by atoms with van der Waals surface area (Å²) in [5.41, 5.74) is 6.56. The fourth-order valence-electron chi connectivity index (χ4n) is 1.23. The number of anilines is 1. The summed E-state index contributed by atoms with van der Waals surface area (Å²) < 4.78 is 2.78. The summed E-state index contributed by atoms with van der Waals surface area (Å²) in [6.07, 6.45) is 3.48. The standard InChI is InChI=1S/C8H11AsN4O/c10-7-1-3-11-8-6(9-2-4-14)5-12-13(7)8/h1,3,5,9,14H,2,4,10H2. The van der Waals surface area contributed by atoms with Crippen LogP contribution in [-0.2, 0) is 0 Å². The van der Waals surface area contributed by atoms with E-state index in [0.717, 1.165) is 15.2 Å². The Labute approximate surface area is 87.6 Å². The van der Waals surface area contributed by atoms with Crippen molar-refractivity contribution in [2.45, 2.75) is 5.21 Å². The topological polar surface area (TPSA) is 76.4 Å². The molecule has 14 heavy (non-hydrogen) atoms. The van der Waals surface area contributed by atoms with Gasteiger partial charge in [-0.3, -0.25) is 0 Å². The van der Waals surface area contributed by atoms with Gasteiger partial charge in [-0.05, 0) is 0 Å². The van der Waals surface area contributed by atoms with Crippen LogP contribution < -0.4 is 10.1 Å². The number of aromatic nitrogens is 3. The van der Waals surface area contributed by atoms with Gasteiger partial charge >= 0.3 is 87.3 Å². The summed E-state index contributed by atoms with van der Waals surface area (Å²) in [7, 11) is 0. The van der Waals surface area contributed by atoms with Crippen LogP contribution in [0.4, 0.5) is 5.82 Å². The van der Waals surface area contributed by atoms with Gasteiger partial charge in [-0.1, -0.05) is 0 Å². The van der Waals surface area contributed by atoms with Gasteiger partial charge in [0.1, 0.15) is 0 Å². The molecule has 0 fully saturated rings. The van der Waals surface area contributed by atoms with E-state index in [4.69, 9.17) is 10.8 Å². The first-order valence-corrected chi connectivity index (χ1v) is 6.79. The Balaban J connectivity index is 2.42. The molecular formula is C8H11AsN4O. The van der Waals surface area contributed by atoms with E-state index in [-0.39, 0.29) is 22.4 Å². The van der Waals surface area contributed by atoms with Crippen LogP contribution in [0, 0.1) is 0 Å². The van der Waals surface area contributed by atoms with Crippen molar-refractivity contribution in [3.05, 3.63) is 18.5 Å². The molecule has 6 heteroatoms. The summed E-state index contributed by atoms with van der Waals surface area (Å²) in [4.78, 5) is 4.22. The first-order chi connectivity index (χ1) is 6.83. The van der Waals surface area contributed by atoms with E-state index in [0.29, 0.717) is 5.82 Å². The van der Waals surface area contributed by atoms with Gasteiger partial charge in [0.05, 0.1) is 0 Å². The van der Waals surface area contributed by atoms with Crippen LogP contribution in [0.1, 0.15) is 0 Å². The Kier molecular flexibility index (Phi) is 2.70. The molecule has 0 amide bonds. The van der Waals surface area contributed by atoms with Gasteiger partial charge in [-0.15, -0.1) is 0 Å². The van der Waals surface area contributed by atoms with Gasteiger partial charge in [-0.2, -0.15) is 0 Å². The molecule has 5 nitrogen and oxygen atoms in total. The van der Waals surface area contributed by atoms with Crippen molar-refractivity contribution in [3.63, 3.8) is 0 Å². The van der Waals surface area contributed by atoms with Gasteiger partial charge in [0.15, 0.2) is 0 Å². The first-order valence-electron chi connectivity index (χ1n) is 4.26. The molecule has 0 aliphatic rings. The average molecular weight is 254 g/mol. The van der Waals surface area contributed by atoms with E-state index < -0.39 is 0 Å². The molecule has 0 spiro atoms. The van der Waals surface area contributed by atoms with Crippen LogP contribution in [0.2, 0.25) is 5.21 Å². The molecule has 2 aromatic heterocycles. The zero-order chi connectivity index (χ0) is 9.97. The predicted molar refractivity (Wildman–Crippen MR) is 56.1 cm³/mol. The number of aliphatic hydroxyl groups excluding tert-OH is 1. The van der Waals surface area contributed by atoms with Crippen molar-refractivity contribution < 1.29 is 5.11 Å². The monoisotopic (exact) mass is 254 g/mol. The fraction of sp³-hybridized carbons (Fsp3) is 0.250. The minimum absolute atomic E-state index is 0.236. The molecule has 2 heterocycles. The Bertz CT molecular complexity index is 442. The molecule has 1 atom stereocenters. The second kappa shape index (κ2) is 3.98. The number of nitrogens with two attached hydrogens (primary N) is 1. The molecule has 0 aliphatic carbocycles. The fourth-order valence-corrected chi connectivity index (χ4v) is 3.03. The second-order valence-electron chi connectivity index (χ2n) is 2.81. The quantitative estimate of drug-likeness (QED) is 0.673. The summed E-state index contributed by atoms with van der Waals surface area (Å²) in [6, 6.07) is 1.72. The Morgan fingerprint density at radius 2 is 2.43 bits per heavy atom. The van der Waals surface area contributed by atoms with Crippen LogP contribution in [0.15, 0.2) is 18.5 Å². The predicted octanol–water partition coefficient (Wildman–Crippen LogP) is -1.22. The molecule has 0 bridgehead atoms. The van der Waals surface area contributed by atoms with Crippen molar-refractivity contribution in [2.24, 2.45) is 0 Å². The number of rotatable bonds is 3. The third kappa shape index (κ3) is 1.61. The van der Waals surface area contributed by atoms with Crippen molar-refractivity contribution in [1.29, 1.82) is 0 Å². The molecule has 0 aromatic carbocycles. The van der Waals surface area contributed by atoms with Gasteiger partial charge in [0.25, 0.3) is 0 Å². The summed E-state index contributed by atoms with van der Waals surface area (Å²) in [5, 5.41) is 13.7. The molecule has 0 saturated heterocycles. The Morgan fingerprint density at radius 1 is 1.57 bits per heavy atom. The summed E-state index contributed by atoms with van der Waals surface area (Å²) in [6.45, 7) is 0.236. The number of nitrogens with zero attached hydrogens (tertiary/aromatic N) is 3. The minimum atomic E-state index is -0.335. The molecule has 3 N–H and O–H groups in total. The van der Waals surface area contributed by atoms with Gasteiger partial charge in [0.2, 0.25) is 0 Å². The molecule has 2 aromatic rings. The third-order valence-corrected chi connectivity index (χ3v) is 4.39. The van der Waals surface area contributed by atoms with Gasteiger partial charge in [0, 0.05) is 0 Å². The average Bonchev–Trinajstić information content (AvgIpc) is 2.60. The number of nitrogen functional groups attached to an aromatic ring is 1. The SMILES string of the molecule is Nc1ccnc2c([AsH]CCO)cnn12. The maximum atomic E-state index is 8.75. The van der Waals surface area contributed by atoms with Crippen LogP contribution in [0.3, 0.4) is 0 Å². The van der Waals surface area contributed by atoms with E-state index in [1.165, 1.54) is 0 Å². The van der Waals surface area contributed by atoms with Gasteiger partial charge in [-0.25, -0.2) is 0 Å². The van der Waals surface area contributed by atoms with E-state index in [9.17, 15) is 0 Å². The Hall–Kier alpha value is -1.06. The van der Waals surface area contributed by atoms with Crippen molar-refractivity contribution in [3.8, 4) is 0 Å². The molecule has 0 aliphatic heterocycles. The van der Waals surface area contributed by atoms with Crippen LogP contribution in [-0.4, -0.2) is 42.1 Å². The second-order valence-corrected chi connectivity index (χ2v) is 5.73. The van der Waals surface area contributed by atoms with Crippen molar-refractivity contribution in [2.75, 3.05) is 12.3 Å². The van der Waals surface area contributed by atoms with Gasteiger partial charge < -0.3 is 0 Å². The Morgan fingerprint density at radius 3 is 3.21 bits per heavy atom. The van der Waals surface area contributed by atoms with Crippen LogP contribution >= 0.6 is 0 Å². The number of aliphatic hydroxyl groups is 1. The third-order valence-electron chi connectivity index (χ3n) is 1.86. The molecule has 2 rings (SSSR count). The molecule has 0 saturated carbocycles. The maximum absolute atomic E-state index is 8.75. The summed E-state index contributed by atoms with van der Waals surface area (Å²) >= 11 is -0.335. The number of fused-ring (bicyclic) bond motifs is 1. The van der Waals surface area contributed by atoms with Crippen LogP contribution in [0.25, 0.3) is 5.65 Å². The normalized spacial score (nSPS) is 11.8. The molecule has 0 radical (unpaired) electrons. The zero-order valence-electron chi connectivity index (χ0n) is 7.51. The van der Waals surface area contributed by atoms with E-state index in [2.05, 4.69) is 10.1 Å². The summed E-state index contributed by atoms with van der Waals surface area (Å²) in [5.74, 6) is 0.594. The van der Waals surface area contributed by atoms with Crippen molar-refractivity contribution >= 4 is 31.6 Å². The first kappa shape index (κ1) is 9.49. The van der Waals surface area contributed by atoms with E-state index in [1.54, 1.807) is 23.0 Å². The molecule has 1 unspecified atom stereocenters. The van der Waals surface area contributed by atoms with E-state index >= 15 is 0 Å². The van der Waals surface area contributed by atoms with E-state index in [1.807, 2.05) is 0 Å². The molecular weight excluding hydrogens is 243 g/mol. The van der Waals surface area contributed by atoms with Crippen molar-refractivity contribution in [1.82, 2.24) is 14.6 Å². The number of hydrogen-bond donors (Lipinski definition) is 2. The van der Waals surface area contributed by atoms with Crippen LogP contribution in [0.5, 0.6) is 0 Å². The number of hydrogen-bond acceptors (Lipinski definition) is 4. The zero-order valence-corrected chi connectivity index (χ0v) is 9.61. The molecule has 74 valence electrons.